The number of sulfonamides is 1. The van der Waals surface area contributed by atoms with Gasteiger partial charge >= 0.3 is 0 Å². The minimum atomic E-state index is -4.43. The Hall–Kier alpha value is -1.87. The molecule has 1 unspecified atom stereocenters. The number of hydrogen-bond acceptors (Lipinski definition) is 3. The van der Waals surface area contributed by atoms with Gasteiger partial charge in [-0.25, -0.2) is 21.9 Å². The molecule has 1 atom stereocenters. The smallest absolute Gasteiger partial charge is 0.261 e. The third kappa shape index (κ3) is 4.25. The fourth-order valence-corrected chi connectivity index (χ4v) is 5.24. The standard InChI is InChI=1S/C18H17Cl2F2N3O2S/c1-18(21,22)16(6-10-9-24-15-5-3-2-4-12(10)15)25-28(26,27)17-13(20)7-11(19)8-14(17)23/h2-5,7-9,16,24-25H,6,23H2,1H3. The van der Waals surface area contributed by atoms with Gasteiger partial charge in [-0.05, 0) is 30.2 Å². The average molecular weight is 448 g/mol. The average Bonchev–Trinajstić information content (AvgIpc) is 2.95. The largest absolute Gasteiger partial charge is 0.398 e. The summed E-state index contributed by atoms with van der Waals surface area (Å²) in [7, 11) is -4.43. The van der Waals surface area contributed by atoms with Gasteiger partial charge in [-0.1, -0.05) is 41.4 Å². The molecule has 0 saturated heterocycles. The van der Waals surface area contributed by atoms with Crippen LogP contribution in [-0.4, -0.2) is 25.4 Å². The lowest BCUT2D eigenvalue weighted by Gasteiger charge is -2.25. The molecule has 2 aromatic carbocycles. The summed E-state index contributed by atoms with van der Waals surface area (Å²) in [6.07, 6.45) is 1.35. The first-order valence-corrected chi connectivity index (χ1v) is 10.4. The number of aromatic nitrogens is 1. The van der Waals surface area contributed by atoms with Crippen molar-refractivity contribution in [2.24, 2.45) is 0 Å². The first-order valence-electron chi connectivity index (χ1n) is 8.18. The van der Waals surface area contributed by atoms with E-state index in [1.165, 1.54) is 12.1 Å². The Morgan fingerprint density at radius 1 is 1.25 bits per heavy atom. The molecular formula is C18H17Cl2F2N3O2S. The van der Waals surface area contributed by atoms with E-state index in [4.69, 9.17) is 28.9 Å². The topological polar surface area (TPSA) is 88.0 Å². The molecule has 0 radical (unpaired) electrons. The van der Waals surface area contributed by atoms with Gasteiger partial charge in [-0.2, -0.15) is 0 Å². The molecule has 0 aliphatic heterocycles. The minimum Gasteiger partial charge on any atom is -0.398 e. The molecule has 28 heavy (non-hydrogen) atoms. The van der Waals surface area contributed by atoms with Crippen LogP contribution in [0.3, 0.4) is 0 Å². The molecule has 1 aromatic heterocycles. The maximum atomic E-state index is 14.3. The zero-order valence-corrected chi connectivity index (χ0v) is 17.0. The predicted molar refractivity (Wildman–Crippen MR) is 108 cm³/mol. The van der Waals surface area contributed by atoms with E-state index >= 15 is 0 Å². The lowest BCUT2D eigenvalue weighted by Crippen LogP contribution is -2.47. The van der Waals surface area contributed by atoms with Crippen molar-refractivity contribution in [1.82, 2.24) is 9.71 Å². The molecule has 5 nitrogen and oxygen atoms in total. The first-order chi connectivity index (χ1) is 13.0. The van der Waals surface area contributed by atoms with Crippen molar-refractivity contribution < 1.29 is 17.2 Å². The Kier molecular flexibility index (Phi) is 5.60. The zero-order valence-electron chi connectivity index (χ0n) is 14.6. The van der Waals surface area contributed by atoms with Gasteiger partial charge in [0.05, 0.1) is 16.8 Å². The molecule has 1 heterocycles. The lowest BCUT2D eigenvalue weighted by molar-refractivity contribution is -0.0106. The number of benzene rings is 2. The van der Waals surface area contributed by atoms with Gasteiger partial charge in [-0.3, -0.25) is 0 Å². The van der Waals surface area contributed by atoms with E-state index in [2.05, 4.69) is 9.71 Å². The second kappa shape index (κ2) is 7.51. The van der Waals surface area contributed by atoms with Crippen molar-refractivity contribution in [3.63, 3.8) is 0 Å². The highest BCUT2D eigenvalue weighted by Crippen LogP contribution is 2.33. The number of anilines is 1. The molecular weight excluding hydrogens is 431 g/mol. The Morgan fingerprint density at radius 3 is 2.57 bits per heavy atom. The van der Waals surface area contributed by atoms with Crippen LogP contribution >= 0.6 is 23.2 Å². The number of nitrogens with one attached hydrogen (secondary N) is 2. The van der Waals surface area contributed by atoms with E-state index in [9.17, 15) is 17.2 Å². The van der Waals surface area contributed by atoms with E-state index in [0.29, 0.717) is 12.5 Å². The van der Waals surface area contributed by atoms with Gasteiger partial charge in [0, 0.05) is 29.0 Å². The summed E-state index contributed by atoms with van der Waals surface area (Å²) in [5, 5.41) is 0.625. The van der Waals surface area contributed by atoms with Crippen LogP contribution < -0.4 is 10.5 Å². The van der Waals surface area contributed by atoms with E-state index < -0.39 is 26.9 Å². The van der Waals surface area contributed by atoms with Crippen molar-refractivity contribution >= 4 is 49.8 Å². The van der Waals surface area contributed by atoms with Crippen molar-refractivity contribution in [2.45, 2.75) is 30.2 Å². The minimum absolute atomic E-state index is 0.137. The molecule has 0 aliphatic carbocycles. The molecule has 0 fully saturated rings. The molecule has 150 valence electrons. The summed E-state index contributed by atoms with van der Waals surface area (Å²) in [6, 6.07) is 7.82. The molecule has 4 N–H and O–H groups in total. The predicted octanol–water partition coefficient (Wildman–Crippen LogP) is 4.60. The number of nitrogens with two attached hydrogens (primary N) is 1. The molecule has 0 bridgehead atoms. The van der Waals surface area contributed by atoms with Crippen LogP contribution in [0, 0.1) is 0 Å². The van der Waals surface area contributed by atoms with Crippen LogP contribution in [0.2, 0.25) is 10.0 Å². The van der Waals surface area contributed by atoms with Gasteiger partial charge in [-0.15, -0.1) is 0 Å². The summed E-state index contributed by atoms with van der Waals surface area (Å²) in [6.45, 7) is 0.655. The quantitative estimate of drug-likeness (QED) is 0.482. The molecule has 3 rings (SSSR count). The van der Waals surface area contributed by atoms with Crippen LogP contribution in [0.5, 0.6) is 0 Å². The van der Waals surface area contributed by atoms with E-state index in [1.54, 1.807) is 24.4 Å². The highest BCUT2D eigenvalue weighted by Gasteiger charge is 2.39. The van der Waals surface area contributed by atoms with Gasteiger partial charge in [0.1, 0.15) is 4.90 Å². The normalized spacial score (nSPS) is 13.8. The number of hydrogen-bond donors (Lipinski definition) is 3. The highest BCUT2D eigenvalue weighted by atomic mass is 35.5. The summed E-state index contributed by atoms with van der Waals surface area (Å²) >= 11 is 11.8. The molecule has 0 amide bonds. The molecule has 0 aliphatic rings. The van der Waals surface area contributed by atoms with Crippen molar-refractivity contribution in [1.29, 1.82) is 0 Å². The van der Waals surface area contributed by atoms with Crippen molar-refractivity contribution in [2.75, 3.05) is 5.73 Å². The van der Waals surface area contributed by atoms with E-state index in [1.807, 2.05) is 6.07 Å². The van der Waals surface area contributed by atoms with Crippen LogP contribution in [0.25, 0.3) is 10.9 Å². The summed E-state index contributed by atoms with van der Waals surface area (Å²) < 4.78 is 56.1. The number of halogens is 4. The monoisotopic (exact) mass is 447 g/mol. The number of rotatable bonds is 6. The molecule has 10 heteroatoms. The maximum absolute atomic E-state index is 14.3. The Bertz CT molecular complexity index is 1100. The van der Waals surface area contributed by atoms with Crippen LogP contribution in [0.4, 0.5) is 14.5 Å². The maximum Gasteiger partial charge on any atom is 0.261 e. The molecule has 0 saturated carbocycles. The Labute approximate surface area is 170 Å². The zero-order chi connectivity index (χ0) is 20.7. The summed E-state index contributed by atoms with van der Waals surface area (Å²) in [4.78, 5) is 2.51. The first kappa shape index (κ1) is 20.9. The van der Waals surface area contributed by atoms with Gasteiger partial charge in [0.15, 0.2) is 0 Å². The number of para-hydroxylation sites is 1. The fourth-order valence-electron chi connectivity index (χ4n) is 2.95. The third-order valence-electron chi connectivity index (χ3n) is 4.31. The second-order valence-electron chi connectivity index (χ2n) is 6.50. The molecule has 3 aromatic rings. The van der Waals surface area contributed by atoms with E-state index in [-0.39, 0.29) is 22.2 Å². The second-order valence-corrected chi connectivity index (χ2v) is 8.99. The summed E-state index contributed by atoms with van der Waals surface area (Å²) in [5.41, 5.74) is 6.82. The van der Waals surface area contributed by atoms with E-state index in [0.717, 1.165) is 10.9 Å². The number of fused-ring (bicyclic) bond motifs is 1. The van der Waals surface area contributed by atoms with Crippen LogP contribution in [-0.2, 0) is 16.4 Å². The fraction of sp³-hybridized carbons (Fsp3) is 0.222. The van der Waals surface area contributed by atoms with Crippen molar-refractivity contribution in [3.05, 3.63) is 58.2 Å². The van der Waals surface area contributed by atoms with Gasteiger partial charge in [0.25, 0.3) is 5.92 Å². The van der Waals surface area contributed by atoms with Crippen molar-refractivity contribution in [3.8, 4) is 0 Å². The molecule has 0 spiro atoms. The number of nitrogen functional groups attached to an aromatic ring is 1. The highest BCUT2D eigenvalue weighted by molar-refractivity contribution is 7.89. The Morgan fingerprint density at radius 2 is 1.93 bits per heavy atom. The van der Waals surface area contributed by atoms with Gasteiger partial charge in [0.2, 0.25) is 10.0 Å². The van der Waals surface area contributed by atoms with Crippen LogP contribution in [0.1, 0.15) is 12.5 Å². The lowest BCUT2D eigenvalue weighted by atomic mass is 10.0. The SMILES string of the molecule is CC(F)(F)C(Cc1c[nH]c2ccccc12)NS(=O)(=O)c1c(N)cc(Cl)cc1Cl. The summed E-state index contributed by atoms with van der Waals surface area (Å²) in [5.74, 6) is -3.35. The third-order valence-corrected chi connectivity index (χ3v) is 6.53. The number of H-pyrrole nitrogens is 1. The Balaban J connectivity index is 1.98. The number of aromatic amines is 1. The van der Waals surface area contributed by atoms with Gasteiger partial charge < -0.3 is 10.7 Å². The van der Waals surface area contributed by atoms with Crippen LogP contribution in [0.15, 0.2) is 47.5 Å². The number of alkyl halides is 2.